The van der Waals surface area contributed by atoms with Gasteiger partial charge in [-0.1, -0.05) is 0 Å². The number of furan rings is 1. The molecule has 1 atom stereocenters. The summed E-state index contributed by atoms with van der Waals surface area (Å²) in [6.45, 7) is 8.41. The van der Waals surface area contributed by atoms with Gasteiger partial charge in [0.25, 0.3) is 5.91 Å². The highest BCUT2D eigenvalue weighted by Crippen LogP contribution is 2.24. The molecule has 2 N–H and O–H groups in total. The minimum absolute atomic E-state index is 0.0898. The van der Waals surface area contributed by atoms with E-state index in [1.54, 1.807) is 12.3 Å². The lowest BCUT2D eigenvalue weighted by molar-refractivity contribution is 0.0951. The average molecular weight is 287 g/mol. The minimum atomic E-state index is -0.163. The maximum Gasteiger partial charge on any atom is 0.269 e. The third-order valence-corrected chi connectivity index (χ3v) is 3.26. The summed E-state index contributed by atoms with van der Waals surface area (Å²) < 4.78 is 5.55. The second-order valence-electron chi connectivity index (χ2n) is 5.02. The first-order valence-electron chi connectivity index (χ1n) is 7.09. The SMILES string of the molecule is CCNC(=O)c1cc(NC(C)c2cc(C)oc2C)ccn1. The number of nitrogens with one attached hydrogen (secondary N) is 2. The van der Waals surface area contributed by atoms with Crippen LogP contribution < -0.4 is 10.6 Å². The largest absolute Gasteiger partial charge is 0.466 e. The van der Waals surface area contributed by atoms with Crippen molar-refractivity contribution >= 4 is 11.6 Å². The van der Waals surface area contributed by atoms with E-state index in [0.29, 0.717) is 12.2 Å². The molecule has 5 heteroatoms. The number of amides is 1. The van der Waals surface area contributed by atoms with Gasteiger partial charge in [0.15, 0.2) is 0 Å². The molecule has 2 heterocycles. The summed E-state index contributed by atoms with van der Waals surface area (Å²) in [6.07, 6.45) is 1.63. The molecule has 0 radical (unpaired) electrons. The van der Waals surface area contributed by atoms with Crippen LogP contribution >= 0.6 is 0 Å². The van der Waals surface area contributed by atoms with Crippen LogP contribution in [-0.4, -0.2) is 17.4 Å². The summed E-state index contributed by atoms with van der Waals surface area (Å²) in [4.78, 5) is 15.9. The van der Waals surface area contributed by atoms with Crippen molar-refractivity contribution in [2.45, 2.75) is 33.7 Å². The number of hydrogen-bond acceptors (Lipinski definition) is 4. The summed E-state index contributed by atoms with van der Waals surface area (Å²) in [6, 6.07) is 5.72. The van der Waals surface area contributed by atoms with Crippen LogP contribution in [0.1, 0.15) is 47.5 Å². The Morgan fingerprint density at radius 2 is 2.14 bits per heavy atom. The summed E-state index contributed by atoms with van der Waals surface area (Å²) in [5.74, 6) is 1.64. The lowest BCUT2D eigenvalue weighted by Crippen LogP contribution is -2.23. The van der Waals surface area contributed by atoms with Gasteiger partial charge in [-0.25, -0.2) is 0 Å². The number of anilines is 1. The van der Waals surface area contributed by atoms with Gasteiger partial charge in [-0.15, -0.1) is 0 Å². The van der Waals surface area contributed by atoms with Gasteiger partial charge in [-0.05, 0) is 45.9 Å². The highest BCUT2D eigenvalue weighted by atomic mass is 16.3. The topological polar surface area (TPSA) is 67.2 Å². The van der Waals surface area contributed by atoms with Gasteiger partial charge >= 0.3 is 0 Å². The molecule has 112 valence electrons. The quantitative estimate of drug-likeness (QED) is 0.886. The summed E-state index contributed by atoms with van der Waals surface area (Å²) >= 11 is 0. The molecule has 0 aliphatic heterocycles. The van der Waals surface area contributed by atoms with E-state index in [-0.39, 0.29) is 11.9 Å². The maximum atomic E-state index is 11.8. The molecule has 2 aromatic heterocycles. The Hall–Kier alpha value is -2.30. The monoisotopic (exact) mass is 287 g/mol. The van der Waals surface area contributed by atoms with E-state index in [4.69, 9.17) is 4.42 Å². The van der Waals surface area contributed by atoms with Gasteiger partial charge in [-0.3, -0.25) is 9.78 Å². The fraction of sp³-hybridized carbons (Fsp3) is 0.375. The Kier molecular flexibility index (Phi) is 4.62. The van der Waals surface area contributed by atoms with Gasteiger partial charge in [0.2, 0.25) is 0 Å². The van der Waals surface area contributed by atoms with E-state index in [9.17, 15) is 4.79 Å². The zero-order valence-corrected chi connectivity index (χ0v) is 12.9. The van der Waals surface area contributed by atoms with Gasteiger partial charge < -0.3 is 15.1 Å². The molecule has 0 saturated heterocycles. The Morgan fingerprint density at radius 1 is 1.38 bits per heavy atom. The standard InChI is InChI=1S/C16H21N3O2/c1-5-17-16(20)15-9-13(6-7-18-15)19-11(3)14-8-10(2)21-12(14)4/h6-9,11H,5H2,1-4H3,(H,17,20)(H,18,19). The summed E-state index contributed by atoms with van der Waals surface area (Å²) in [7, 11) is 0. The van der Waals surface area contributed by atoms with Crippen molar-refractivity contribution in [3.05, 3.63) is 47.2 Å². The maximum absolute atomic E-state index is 11.8. The fourth-order valence-corrected chi connectivity index (χ4v) is 2.30. The number of carbonyl (C=O) groups is 1. The van der Waals surface area contributed by atoms with E-state index in [1.807, 2.05) is 32.9 Å². The highest BCUT2D eigenvalue weighted by Gasteiger charge is 2.13. The van der Waals surface area contributed by atoms with Gasteiger partial charge in [-0.2, -0.15) is 0 Å². The Morgan fingerprint density at radius 3 is 2.76 bits per heavy atom. The lowest BCUT2D eigenvalue weighted by atomic mass is 10.1. The first kappa shape index (κ1) is 15.1. The Labute approximate surface area is 124 Å². The zero-order valence-electron chi connectivity index (χ0n) is 12.9. The number of carbonyl (C=O) groups excluding carboxylic acids is 1. The molecule has 0 aliphatic rings. The van der Waals surface area contributed by atoms with Crippen LogP contribution in [0.4, 0.5) is 5.69 Å². The van der Waals surface area contributed by atoms with Crippen molar-refractivity contribution in [3.8, 4) is 0 Å². The Balaban J connectivity index is 2.14. The van der Waals surface area contributed by atoms with E-state index >= 15 is 0 Å². The van der Waals surface area contributed by atoms with E-state index in [2.05, 4.69) is 22.5 Å². The smallest absolute Gasteiger partial charge is 0.269 e. The number of nitrogens with zero attached hydrogens (tertiary/aromatic N) is 1. The minimum Gasteiger partial charge on any atom is -0.466 e. The van der Waals surface area contributed by atoms with Crippen LogP contribution in [0.5, 0.6) is 0 Å². The van der Waals surface area contributed by atoms with Crippen LogP contribution in [0, 0.1) is 13.8 Å². The van der Waals surface area contributed by atoms with Crippen molar-refractivity contribution in [3.63, 3.8) is 0 Å². The molecule has 2 rings (SSSR count). The van der Waals surface area contributed by atoms with Crippen molar-refractivity contribution in [1.82, 2.24) is 10.3 Å². The number of aryl methyl sites for hydroxylation is 2. The molecular weight excluding hydrogens is 266 g/mol. The second-order valence-corrected chi connectivity index (χ2v) is 5.02. The van der Waals surface area contributed by atoms with Crippen LogP contribution in [0.15, 0.2) is 28.8 Å². The fourth-order valence-electron chi connectivity index (χ4n) is 2.30. The van der Waals surface area contributed by atoms with Crippen molar-refractivity contribution in [2.75, 3.05) is 11.9 Å². The molecule has 0 bridgehead atoms. The molecule has 1 amide bonds. The molecule has 0 saturated carbocycles. The average Bonchev–Trinajstić information content (AvgIpc) is 2.78. The molecule has 0 spiro atoms. The zero-order chi connectivity index (χ0) is 15.4. The van der Waals surface area contributed by atoms with E-state index < -0.39 is 0 Å². The second kappa shape index (κ2) is 6.43. The third-order valence-electron chi connectivity index (χ3n) is 3.26. The Bertz CT molecular complexity index is 634. The van der Waals surface area contributed by atoms with E-state index in [0.717, 1.165) is 22.8 Å². The molecule has 2 aromatic rings. The van der Waals surface area contributed by atoms with Crippen molar-refractivity contribution < 1.29 is 9.21 Å². The summed E-state index contributed by atoms with van der Waals surface area (Å²) in [5, 5.41) is 6.11. The lowest BCUT2D eigenvalue weighted by Gasteiger charge is -2.15. The normalized spacial score (nSPS) is 12.0. The van der Waals surface area contributed by atoms with Crippen LogP contribution in [-0.2, 0) is 0 Å². The first-order chi connectivity index (χ1) is 10.0. The van der Waals surface area contributed by atoms with Gasteiger partial charge in [0.1, 0.15) is 17.2 Å². The van der Waals surface area contributed by atoms with Crippen molar-refractivity contribution in [2.24, 2.45) is 0 Å². The van der Waals surface area contributed by atoms with Crippen molar-refractivity contribution in [1.29, 1.82) is 0 Å². The van der Waals surface area contributed by atoms with E-state index in [1.165, 1.54) is 0 Å². The molecule has 0 aliphatic carbocycles. The predicted octanol–water partition coefficient (Wildman–Crippen LogP) is 3.21. The number of hydrogen-bond donors (Lipinski definition) is 2. The van der Waals surface area contributed by atoms with Crippen LogP contribution in [0.25, 0.3) is 0 Å². The van der Waals surface area contributed by atoms with Crippen LogP contribution in [0.2, 0.25) is 0 Å². The summed E-state index contributed by atoms with van der Waals surface area (Å²) in [5.41, 5.74) is 2.38. The molecule has 0 fully saturated rings. The molecule has 5 nitrogen and oxygen atoms in total. The first-order valence-corrected chi connectivity index (χ1v) is 7.09. The van der Waals surface area contributed by atoms with Gasteiger partial charge in [0.05, 0.1) is 6.04 Å². The number of aromatic nitrogens is 1. The predicted molar refractivity (Wildman–Crippen MR) is 82.5 cm³/mol. The number of rotatable bonds is 5. The molecule has 1 unspecified atom stereocenters. The van der Waals surface area contributed by atoms with Crippen LogP contribution in [0.3, 0.4) is 0 Å². The number of pyridine rings is 1. The molecular formula is C16H21N3O2. The molecule has 0 aromatic carbocycles. The molecule has 21 heavy (non-hydrogen) atoms. The van der Waals surface area contributed by atoms with Gasteiger partial charge in [0, 0.05) is 24.0 Å². The third kappa shape index (κ3) is 3.62. The highest BCUT2D eigenvalue weighted by molar-refractivity contribution is 5.93.